The van der Waals surface area contributed by atoms with Crippen molar-refractivity contribution in [2.24, 2.45) is 0 Å². The zero-order valence-corrected chi connectivity index (χ0v) is 11.3. The molecule has 1 aliphatic heterocycles. The Morgan fingerprint density at radius 1 is 1.50 bits per heavy atom. The number of nitrogens with zero attached hydrogens (tertiary/aromatic N) is 1. The summed E-state index contributed by atoms with van der Waals surface area (Å²) in [6, 6.07) is 2.79. The third kappa shape index (κ3) is 3.64. The minimum absolute atomic E-state index is 0.0221. The van der Waals surface area contributed by atoms with Crippen molar-refractivity contribution in [3.05, 3.63) is 34.1 Å². The van der Waals surface area contributed by atoms with E-state index in [-0.39, 0.29) is 17.5 Å². The van der Waals surface area contributed by atoms with E-state index in [0.29, 0.717) is 0 Å². The molecule has 0 spiro atoms. The second kappa shape index (κ2) is 5.71. The number of anilines is 1. The number of hydrogen-bond donors (Lipinski definition) is 2. The predicted molar refractivity (Wildman–Crippen MR) is 71.5 cm³/mol. The summed E-state index contributed by atoms with van der Waals surface area (Å²) in [5.74, 6) is -1.18. The molecule has 20 heavy (non-hydrogen) atoms. The van der Waals surface area contributed by atoms with Gasteiger partial charge in [-0.3, -0.25) is 14.8 Å². The van der Waals surface area contributed by atoms with Crippen molar-refractivity contribution in [1.82, 2.24) is 5.32 Å². The normalized spacial score (nSPS) is 18.9. The van der Waals surface area contributed by atoms with Crippen molar-refractivity contribution in [3.8, 4) is 0 Å². The lowest BCUT2D eigenvalue weighted by atomic mass is 10.3. The first-order valence-corrected chi connectivity index (χ1v) is 7.70. The highest BCUT2D eigenvalue weighted by Gasteiger charge is 2.23. The Morgan fingerprint density at radius 3 is 2.80 bits per heavy atom. The van der Waals surface area contributed by atoms with Gasteiger partial charge in [-0.1, -0.05) is 0 Å². The van der Waals surface area contributed by atoms with Crippen LogP contribution in [0.25, 0.3) is 0 Å². The number of nitrogens with one attached hydrogen (secondary N) is 2. The van der Waals surface area contributed by atoms with Gasteiger partial charge in [0.05, 0.1) is 16.4 Å². The van der Waals surface area contributed by atoms with Crippen LogP contribution >= 0.6 is 0 Å². The van der Waals surface area contributed by atoms with Gasteiger partial charge in [0.25, 0.3) is 0 Å². The second-order valence-electron chi connectivity index (χ2n) is 4.60. The zero-order chi connectivity index (χ0) is 14.8. The highest BCUT2D eigenvalue weighted by atomic mass is 32.2. The van der Waals surface area contributed by atoms with E-state index in [1.807, 2.05) is 0 Å². The summed E-state index contributed by atoms with van der Waals surface area (Å²) < 4.78 is 39.4. The Balaban J connectivity index is 2.08. The van der Waals surface area contributed by atoms with E-state index >= 15 is 0 Å². The monoisotopic (exact) mass is 303 g/mol. The van der Waals surface area contributed by atoms with Crippen molar-refractivity contribution in [2.75, 3.05) is 17.0 Å². The topological polar surface area (TPSA) is 101 Å². The number of halogens is 1. The van der Waals surface area contributed by atoms with Crippen LogP contribution in [-0.2, 0) is 10.0 Å². The highest BCUT2D eigenvalue weighted by molar-refractivity contribution is 7.92. The quantitative estimate of drug-likeness (QED) is 0.629. The first-order chi connectivity index (χ1) is 9.37. The van der Waals surface area contributed by atoms with E-state index < -0.39 is 26.5 Å². The van der Waals surface area contributed by atoms with Crippen LogP contribution in [0.1, 0.15) is 12.8 Å². The average Bonchev–Trinajstić information content (AvgIpc) is 2.79. The molecular weight excluding hydrogens is 289 g/mol. The van der Waals surface area contributed by atoms with Crippen LogP contribution in [-0.4, -0.2) is 31.7 Å². The molecule has 1 aromatic rings. The molecule has 0 bridgehead atoms. The smallest absolute Gasteiger partial charge is 0.304 e. The van der Waals surface area contributed by atoms with Crippen molar-refractivity contribution < 1.29 is 17.7 Å². The number of hydrogen-bond acceptors (Lipinski definition) is 5. The van der Waals surface area contributed by atoms with Gasteiger partial charge in [0.15, 0.2) is 0 Å². The number of nitro groups is 1. The molecule has 0 aliphatic carbocycles. The molecule has 0 saturated carbocycles. The zero-order valence-electron chi connectivity index (χ0n) is 10.5. The third-order valence-corrected chi connectivity index (χ3v) is 4.39. The Kier molecular flexibility index (Phi) is 4.19. The minimum Gasteiger partial charge on any atom is -0.313 e. The van der Waals surface area contributed by atoms with Gasteiger partial charge in [0.1, 0.15) is 0 Å². The van der Waals surface area contributed by atoms with Gasteiger partial charge in [-0.2, -0.15) is 4.39 Å². The number of nitro benzene ring substituents is 1. The van der Waals surface area contributed by atoms with Crippen molar-refractivity contribution in [3.63, 3.8) is 0 Å². The molecule has 2 rings (SSSR count). The Bertz CT molecular complexity index is 614. The van der Waals surface area contributed by atoms with Gasteiger partial charge in [0, 0.05) is 18.2 Å². The fourth-order valence-electron chi connectivity index (χ4n) is 2.10. The fourth-order valence-corrected chi connectivity index (χ4v) is 3.49. The standard InChI is InChI=1S/C11H14FN3O4S/c12-10-6-8(3-4-11(10)15(16)17)14-20(18,19)7-9-2-1-5-13-9/h3-4,6,9,13-14H,1-2,5,7H2. The molecule has 110 valence electrons. The third-order valence-electron chi connectivity index (χ3n) is 3.00. The molecule has 0 radical (unpaired) electrons. The molecule has 0 amide bonds. The van der Waals surface area contributed by atoms with E-state index in [0.717, 1.165) is 31.5 Å². The van der Waals surface area contributed by atoms with Gasteiger partial charge in [0.2, 0.25) is 15.8 Å². The molecule has 2 N–H and O–H groups in total. The summed E-state index contributed by atoms with van der Waals surface area (Å²) in [4.78, 5) is 9.60. The van der Waals surface area contributed by atoms with E-state index in [1.165, 1.54) is 6.07 Å². The van der Waals surface area contributed by atoms with Gasteiger partial charge in [-0.15, -0.1) is 0 Å². The molecule has 1 fully saturated rings. The van der Waals surface area contributed by atoms with Gasteiger partial charge < -0.3 is 5.32 Å². The predicted octanol–water partition coefficient (Wildman–Crippen LogP) is 1.23. The minimum atomic E-state index is -3.62. The lowest BCUT2D eigenvalue weighted by molar-refractivity contribution is -0.387. The van der Waals surface area contributed by atoms with E-state index in [9.17, 15) is 22.9 Å². The molecule has 0 aromatic heterocycles. The van der Waals surface area contributed by atoms with Crippen molar-refractivity contribution >= 4 is 21.4 Å². The molecule has 1 heterocycles. The molecule has 1 aromatic carbocycles. The maximum atomic E-state index is 13.4. The maximum absolute atomic E-state index is 13.4. The number of rotatable bonds is 5. The van der Waals surface area contributed by atoms with Crippen molar-refractivity contribution in [1.29, 1.82) is 0 Å². The number of benzene rings is 1. The van der Waals surface area contributed by atoms with Crippen LogP contribution in [0.5, 0.6) is 0 Å². The van der Waals surface area contributed by atoms with Crippen LogP contribution in [0.2, 0.25) is 0 Å². The van der Waals surface area contributed by atoms with E-state index in [4.69, 9.17) is 0 Å². The Hall–Kier alpha value is -1.74. The van der Waals surface area contributed by atoms with Crippen LogP contribution < -0.4 is 10.0 Å². The lowest BCUT2D eigenvalue weighted by Gasteiger charge is -2.12. The van der Waals surface area contributed by atoms with Crippen LogP contribution in [0.4, 0.5) is 15.8 Å². The Labute approximate surface area is 115 Å². The summed E-state index contributed by atoms with van der Waals surface area (Å²) in [5.41, 5.74) is -0.712. The molecule has 1 atom stereocenters. The second-order valence-corrected chi connectivity index (χ2v) is 6.37. The highest BCUT2D eigenvalue weighted by Crippen LogP contribution is 2.22. The average molecular weight is 303 g/mol. The molecular formula is C11H14FN3O4S. The van der Waals surface area contributed by atoms with Crippen molar-refractivity contribution in [2.45, 2.75) is 18.9 Å². The molecule has 1 aliphatic rings. The van der Waals surface area contributed by atoms with Crippen LogP contribution in [0.3, 0.4) is 0 Å². The van der Waals surface area contributed by atoms with E-state index in [1.54, 1.807) is 0 Å². The van der Waals surface area contributed by atoms with Crippen LogP contribution in [0.15, 0.2) is 18.2 Å². The first kappa shape index (κ1) is 14.7. The molecule has 7 nitrogen and oxygen atoms in total. The summed E-state index contributed by atoms with van der Waals surface area (Å²) in [7, 11) is -3.62. The van der Waals surface area contributed by atoms with Gasteiger partial charge in [-0.25, -0.2) is 8.42 Å². The van der Waals surface area contributed by atoms with Gasteiger partial charge in [-0.05, 0) is 25.5 Å². The van der Waals surface area contributed by atoms with Crippen LogP contribution in [0, 0.1) is 15.9 Å². The van der Waals surface area contributed by atoms with E-state index in [2.05, 4.69) is 10.0 Å². The largest absolute Gasteiger partial charge is 0.313 e. The Morgan fingerprint density at radius 2 is 2.25 bits per heavy atom. The fraction of sp³-hybridized carbons (Fsp3) is 0.455. The summed E-state index contributed by atoms with van der Waals surface area (Å²) >= 11 is 0. The lowest BCUT2D eigenvalue weighted by Crippen LogP contribution is -2.32. The maximum Gasteiger partial charge on any atom is 0.304 e. The summed E-state index contributed by atoms with van der Waals surface area (Å²) in [6.45, 7) is 0.784. The SMILES string of the molecule is O=[N+]([O-])c1ccc(NS(=O)(=O)CC2CCCN2)cc1F. The van der Waals surface area contributed by atoms with Gasteiger partial charge >= 0.3 is 5.69 Å². The summed E-state index contributed by atoms with van der Waals surface area (Å²) in [5, 5.41) is 13.5. The summed E-state index contributed by atoms with van der Waals surface area (Å²) in [6.07, 6.45) is 1.70. The first-order valence-electron chi connectivity index (χ1n) is 6.05. The molecule has 1 unspecified atom stereocenters. The number of sulfonamides is 1. The molecule has 1 saturated heterocycles. The molecule has 9 heteroatoms.